The molecular weight excluding hydrogens is 287 g/mol. The average molecular weight is 300 g/mol. The minimum atomic E-state index is -3.91. The van der Waals surface area contributed by atoms with Gasteiger partial charge in [0.2, 0.25) is 21.8 Å². The maximum atomic E-state index is 12.8. The summed E-state index contributed by atoms with van der Waals surface area (Å²) in [6.07, 6.45) is 0.210. The van der Waals surface area contributed by atoms with Gasteiger partial charge in [-0.15, -0.1) is 0 Å². The van der Waals surface area contributed by atoms with Crippen molar-refractivity contribution in [1.29, 1.82) is 0 Å². The van der Waals surface area contributed by atoms with Gasteiger partial charge in [0.05, 0.1) is 4.90 Å². The fourth-order valence-corrected chi connectivity index (χ4v) is 3.32. The van der Waals surface area contributed by atoms with E-state index in [0.717, 1.165) is 28.6 Å². The first-order valence-corrected chi connectivity index (χ1v) is 7.33. The Morgan fingerprint density at radius 3 is 2.40 bits per heavy atom. The zero-order valence-corrected chi connectivity index (χ0v) is 11.5. The van der Waals surface area contributed by atoms with Crippen LogP contribution in [-0.2, 0) is 19.6 Å². The molecule has 0 saturated carbocycles. The van der Waals surface area contributed by atoms with Crippen molar-refractivity contribution >= 4 is 21.8 Å². The van der Waals surface area contributed by atoms with Crippen LogP contribution in [0.3, 0.4) is 0 Å². The van der Waals surface area contributed by atoms with E-state index in [9.17, 15) is 22.4 Å². The number of halogens is 1. The summed E-state index contributed by atoms with van der Waals surface area (Å²) in [5, 5.41) is 2.10. The van der Waals surface area contributed by atoms with Gasteiger partial charge in [0, 0.05) is 13.5 Å². The number of imide groups is 1. The first-order valence-electron chi connectivity index (χ1n) is 5.89. The number of sulfonamides is 1. The molecule has 1 atom stereocenters. The second kappa shape index (κ2) is 5.29. The van der Waals surface area contributed by atoms with E-state index < -0.39 is 33.7 Å². The Morgan fingerprint density at radius 2 is 1.85 bits per heavy atom. The van der Waals surface area contributed by atoms with Gasteiger partial charge in [0.1, 0.15) is 11.9 Å². The van der Waals surface area contributed by atoms with Crippen LogP contribution >= 0.6 is 0 Å². The molecule has 1 aromatic rings. The lowest BCUT2D eigenvalue weighted by Gasteiger charge is -2.28. The highest BCUT2D eigenvalue weighted by Gasteiger charge is 2.36. The van der Waals surface area contributed by atoms with Crippen LogP contribution in [0, 0.1) is 5.82 Å². The Hall–Kier alpha value is -1.80. The number of nitrogens with zero attached hydrogens (tertiary/aromatic N) is 1. The molecule has 20 heavy (non-hydrogen) atoms. The largest absolute Gasteiger partial charge is 0.295 e. The molecule has 108 valence electrons. The Bertz CT molecular complexity index is 642. The number of carbonyl (C=O) groups excluding carboxylic acids is 2. The van der Waals surface area contributed by atoms with Gasteiger partial charge >= 0.3 is 0 Å². The number of hydrogen-bond acceptors (Lipinski definition) is 4. The molecule has 0 aromatic heterocycles. The maximum absolute atomic E-state index is 12.8. The minimum absolute atomic E-state index is 0.0830. The fourth-order valence-electron chi connectivity index (χ4n) is 1.97. The summed E-state index contributed by atoms with van der Waals surface area (Å²) in [6, 6.07) is 3.39. The zero-order chi connectivity index (χ0) is 14.9. The highest BCUT2D eigenvalue weighted by atomic mass is 32.2. The van der Waals surface area contributed by atoms with E-state index in [1.54, 1.807) is 0 Å². The second-order valence-corrected chi connectivity index (χ2v) is 6.44. The first kappa shape index (κ1) is 14.6. The number of rotatable bonds is 3. The minimum Gasteiger partial charge on any atom is -0.295 e. The Morgan fingerprint density at radius 1 is 1.25 bits per heavy atom. The molecule has 2 amide bonds. The summed E-state index contributed by atoms with van der Waals surface area (Å²) in [7, 11) is -2.65. The first-order chi connectivity index (χ1) is 9.32. The van der Waals surface area contributed by atoms with Gasteiger partial charge in [0.25, 0.3) is 0 Å². The van der Waals surface area contributed by atoms with Crippen molar-refractivity contribution in [3.05, 3.63) is 30.1 Å². The molecule has 1 aliphatic heterocycles. The Balaban J connectivity index is 2.27. The number of nitrogens with one attached hydrogen (secondary N) is 1. The number of amides is 2. The predicted octanol–water partition coefficient (Wildman–Crippen LogP) is 0.251. The Kier molecular flexibility index (Phi) is 3.87. The van der Waals surface area contributed by atoms with Crippen LogP contribution in [0.25, 0.3) is 0 Å². The molecule has 1 aromatic carbocycles. The van der Waals surface area contributed by atoms with E-state index in [0.29, 0.717) is 0 Å². The van der Waals surface area contributed by atoms with Gasteiger partial charge in [-0.2, -0.15) is 4.31 Å². The van der Waals surface area contributed by atoms with Crippen molar-refractivity contribution in [2.45, 2.75) is 23.8 Å². The van der Waals surface area contributed by atoms with E-state index in [-0.39, 0.29) is 17.7 Å². The van der Waals surface area contributed by atoms with Crippen LogP contribution in [0.5, 0.6) is 0 Å². The van der Waals surface area contributed by atoms with E-state index >= 15 is 0 Å². The number of piperidine rings is 1. The average Bonchev–Trinajstić information content (AvgIpc) is 2.38. The van der Waals surface area contributed by atoms with E-state index in [1.807, 2.05) is 0 Å². The molecule has 6 nitrogen and oxygen atoms in total. The van der Waals surface area contributed by atoms with Crippen molar-refractivity contribution in [3.63, 3.8) is 0 Å². The summed E-state index contributed by atoms with van der Waals surface area (Å²) in [5.74, 6) is -1.61. The molecular formula is C12H13FN2O4S. The third kappa shape index (κ3) is 2.70. The number of likely N-dealkylation sites (N-methyl/N-ethyl adjacent to an activating group) is 1. The van der Waals surface area contributed by atoms with Crippen molar-refractivity contribution in [3.8, 4) is 0 Å². The van der Waals surface area contributed by atoms with Crippen molar-refractivity contribution in [2.75, 3.05) is 7.05 Å². The van der Waals surface area contributed by atoms with Gasteiger partial charge in [0.15, 0.2) is 0 Å². The SMILES string of the molecule is CN(C1CCC(=O)NC1=O)S(=O)(=O)c1ccc(F)cc1. The molecule has 0 bridgehead atoms. The van der Waals surface area contributed by atoms with E-state index in [1.165, 1.54) is 7.05 Å². The number of carbonyl (C=O) groups is 2. The van der Waals surface area contributed by atoms with E-state index in [4.69, 9.17) is 0 Å². The summed E-state index contributed by atoms with van der Waals surface area (Å²) < 4.78 is 38.3. The van der Waals surface area contributed by atoms with Gasteiger partial charge in [-0.05, 0) is 30.7 Å². The van der Waals surface area contributed by atoms with Crippen molar-refractivity contribution in [2.24, 2.45) is 0 Å². The molecule has 1 fully saturated rings. The van der Waals surface area contributed by atoms with Crippen LogP contribution < -0.4 is 5.32 Å². The molecule has 1 N–H and O–H groups in total. The van der Waals surface area contributed by atoms with Crippen molar-refractivity contribution in [1.82, 2.24) is 9.62 Å². The molecule has 1 aliphatic rings. The van der Waals surface area contributed by atoms with Gasteiger partial charge in [-0.3, -0.25) is 14.9 Å². The number of benzene rings is 1. The summed E-state index contributed by atoms with van der Waals surface area (Å²) in [5.41, 5.74) is 0. The maximum Gasteiger partial charge on any atom is 0.245 e. The van der Waals surface area contributed by atoms with Crippen LogP contribution in [0.2, 0.25) is 0 Å². The molecule has 1 heterocycles. The van der Waals surface area contributed by atoms with Gasteiger partial charge < -0.3 is 0 Å². The molecule has 2 rings (SSSR count). The van der Waals surface area contributed by atoms with Crippen molar-refractivity contribution < 1.29 is 22.4 Å². The molecule has 0 aliphatic carbocycles. The normalized spacial score (nSPS) is 20.1. The molecule has 0 spiro atoms. The topological polar surface area (TPSA) is 83.6 Å². The second-order valence-electron chi connectivity index (χ2n) is 4.44. The summed E-state index contributed by atoms with van der Waals surface area (Å²) in [6.45, 7) is 0. The lowest BCUT2D eigenvalue weighted by atomic mass is 10.1. The zero-order valence-electron chi connectivity index (χ0n) is 10.7. The predicted molar refractivity (Wildman–Crippen MR) is 67.5 cm³/mol. The quantitative estimate of drug-likeness (QED) is 0.811. The standard InChI is InChI=1S/C12H13FN2O4S/c1-15(10-6-7-11(16)14-12(10)17)20(18,19)9-4-2-8(13)3-5-9/h2-5,10H,6-7H2,1H3,(H,14,16,17). The van der Waals surface area contributed by atoms with Crippen LogP contribution in [-0.4, -0.2) is 37.6 Å². The lowest BCUT2D eigenvalue weighted by Crippen LogP contribution is -2.52. The highest BCUT2D eigenvalue weighted by molar-refractivity contribution is 7.89. The fraction of sp³-hybridized carbons (Fsp3) is 0.333. The molecule has 8 heteroatoms. The smallest absolute Gasteiger partial charge is 0.245 e. The monoisotopic (exact) mass is 300 g/mol. The summed E-state index contributed by atoms with van der Waals surface area (Å²) >= 11 is 0. The van der Waals surface area contributed by atoms with Gasteiger partial charge in [-0.1, -0.05) is 0 Å². The summed E-state index contributed by atoms with van der Waals surface area (Å²) in [4.78, 5) is 22.6. The Labute approximate surface area is 115 Å². The van der Waals surface area contributed by atoms with Gasteiger partial charge in [-0.25, -0.2) is 12.8 Å². The molecule has 1 unspecified atom stereocenters. The highest BCUT2D eigenvalue weighted by Crippen LogP contribution is 2.20. The number of hydrogen-bond donors (Lipinski definition) is 1. The third-order valence-corrected chi connectivity index (χ3v) is 5.02. The van der Waals surface area contributed by atoms with Crippen LogP contribution in [0.1, 0.15) is 12.8 Å². The van der Waals surface area contributed by atoms with Crippen LogP contribution in [0.15, 0.2) is 29.2 Å². The molecule has 0 radical (unpaired) electrons. The lowest BCUT2D eigenvalue weighted by molar-refractivity contribution is -0.135. The van der Waals surface area contributed by atoms with Crippen LogP contribution in [0.4, 0.5) is 4.39 Å². The van der Waals surface area contributed by atoms with E-state index in [2.05, 4.69) is 5.32 Å². The third-order valence-electron chi connectivity index (χ3n) is 3.14. The molecule has 1 saturated heterocycles.